The van der Waals surface area contributed by atoms with Gasteiger partial charge in [-0.05, 0) is 0 Å². The average Bonchev–Trinajstić information content (AvgIpc) is 1.64. The maximum absolute atomic E-state index is 12.0. The normalized spacial score (nSPS) is 18.6. The molecule has 0 bridgehead atoms. The number of aliphatic imine (C=N–C) groups is 1. The third-order valence-electron chi connectivity index (χ3n) is 0.782. The number of nitrogens with two attached hydrogens (primary N) is 1. The van der Waals surface area contributed by atoms with Crippen LogP contribution in [-0.4, -0.2) is 17.5 Å². The predicted octanol–water partition coefficient (Wildman–Crippen LogP) is 0.0149. The summed E-state index contributed by atoms with van der Waals surface area (Å²) in [5.41, 5.74) is 5.14. The minimum absolute atomic E-state index is 0.0799. The third kappa shape index (κ3) is 0.959. The van der Waals surface area contributed by atoms with Gasteiger partial charge in [0.25, 0.3) is 0 Å². The van der Waals surface area contributed by atoms with E-state index in [0.29, 0.717) is 11.0 Å². The Kier molecular flexibility index (Phi) is 1.15. The van der Waals surface area contributed by atoms with E-state index in [4.69, 9.17) is 5.73 Å². The first-order valence-corrected chi connectivity index (χ1v) is 2.20. The van der Waals surface area contributed by atoms with E-state index in [1.165, 1.54) is 12.4 Å². The molecule has 0 atom stereocenters. The Morgan fingerprint density at radius 1 is 1.88 bits per heavy atom. The predicted molar refractivity (Wildman–Crippen MR) is 28.6 cm³/mol. The van der Waals surface area contributed by atoms with E-state index in [-0.39, 0.29) is 6.54 Å². The molecular formula is C4H6FN3. The van der Waals surface area contributed by atoms with E-state index in [2.05, 4.69) is 4.99 Å². The van der Waals surface area contributed by atoms with Gasteiger partial charge in [-0.15, -0.1) is 4.48 Å². The van der Waals surface area contributed by atoms with Crippen molar-refractivity contribution in [3.05, 3.63) is 12.4 Å². The van der Waals surface area contributed by atoms with Crippen LogP contribution in [0.1, 0.15) is 0 Å². The van der Waals surface area contributed by atoms with Crippen molar-refractivity contribution >= 4 is 5.84 Å². The highest BCUT2D eigenvalue weighted by atomic mass is 19.2. The van der Waals surface area contributed by atoms with Crippen molar-refractivity contribution in [2.24, 2.45) is 10.7 Å². The van der Waals surface area contributed by atoms with Gasteiger partial charge in [-0.3, -0.25) is 0 Å². The first-order chi connectivity index (χ1) is 3.79. The molecule has 0 spiro atoms. The molecule has 1 aliphatic rings. The smallest absolute Gasteiger partial charge is 0.121 e. The fourth-order valence-electron chi connectivity index (χ4n) is 0.450. The summed E-state index contributed by atoms with van der Waals surface area (Å²) in [6.07, 6.45) is 2.54. The highest BCUT2D eigenvalue weighted by molar-refractivity contribution is 5.83. The Morgan fingerprint density at radius 3 is 3.00 bits per heavy atom. The molecule has 0 amide bonds. The second-order valence-electron chi connectivity index (χ2n) is 1.48. The maximum atomic E-state index is 12.0. The average molecular weight is 115 g/mol. The number of halogens is 1. The van der Waals surface area contributed by atoms with Gasteiger partial charge in [-0.1, -0.05) is 0 Å². The van der Waals surface area contributed by atoms with Crippen molar-refractivity contribution in [3.63, 3.8) is 0 Å². The van der Waals surface area contributed by atoms with Crippen molar-refractivity contribution in [2.45, 2.75) is 0 Å². The molecule has 0 fully saturated rings. The monoisotopic (exact) mass is 115 g/mol. The van der Waals surface area contributed by atoms with Crippen LogP contribution < -0.4 is 5.73 Å². The number of amidine groups is 1. The third-order valence-corrected chi connectivity index (χ3v) is 0.782. The van der Waals surface area contributed by atoms with Crippen LogP contribution in [0.3, 0.4) is 0 Å². The zero-order valence-electron chi connectivity index (χ0n) is 4.21. The molecule has 8 heavy (non-hydrogen) atoms. The Hall–Kier alpha value is -1.06. The molecule has 1 rings (SSSR count). The first-order valence-electron chi connectivity index (χ1n) is 2.20. The second-order valence-corrected chi connectivity index (χ2v) is 1.48. The molecular weight excluding hydrogens is 109 g/mol. The number of rotatable bonds is 0. The molecule has 3 nitrogen and oxygen atoms in total. The lowest BCUT2D eigenvalue weighted by molar-refractivity contribution is 0.110. The molecule has 0 aromatic heterocycles. The maximum Gasteiger partial charge on any atom is 0.121 e. The SMILES string of the molecule is NC1=NC=CN(F)C1. The van der Waals surface area contributed by atoms with Crippen LogP contribution in [0.2, 0.25) is 0 Å². The Labute approximate surface area is 46.2 Å². The number of hydrogen-bond acceptors (Lipinski definition) is 3. The van der Waals surface area contributed by atoms with Crippen LogP contribution in [0.25, 0.3) is 0 Å². The number of nitrogens with zero attached hydrogens (tertiary/aromatic N) is 2. The topological polar surface area (TPSA) is 41.6 Å². The molecule has 0 aromatic carbocycles. The minimum Gasteiger partial charge on any atom is -0.386 e. The van der Waals surface area contributed by atoms with E-state index in [1.807, 2.05) is 0 Å². The van der Waals surface area contributed by atoms with Gasteiger partial charge in [0.05, 0.1) is 6.20 Å². The van der Waals surface area contributed by atoms with Gasteiger partial charge in [0.2, 0.25) is 0 Å². The van der Waals surface area contributed by atoms with Crippen LogP contribution in [0.4, 0.5) is 4.48 Å². The van der Waals surface area contributed by atoms with Crippen molar-refractivity contribution in [1.29, 1.82) is 0 Å². The first kappa shape index (κ1) is 5.08. The van der Waals surface area contributed by atoms with Crippen LogP contribution in [0.15, 0.2) is 17.4 Å². The van der Waals surface area contributed by atoms with E-state index in [9.17, 15) is 4.48 Å². The van der Waals surface area contributed by atoms with Crippen molar-refractivity contribution < 1.29 is 4.48 Å². The molecule has 0 radical (unpaired) electrons. The van der Waals surface area contributed by atoms with Gasteiger partial charge in [0.1, 0.15) is 12.4 Å². The largest absolute Gasteiger partial charge is 0.386 e. The highest BCUT2D eigenvalue weighted by Crippen LogP contribution is 1.95. The summed E-state index contributed by atoms with van der Waals surface area (Å²) in [6, 6.07) is 0. The van der Waals surface area contributed by atoms with Crippen molar-refractivity contribution in [2.75, 3.05) is 6.54 Å². The van der Waals surface area contributed by atoms with Gasteiger partial charge in [0, 0.05) is 6.20 Å². The fourth-order valence-corrected chi connectivity index (χ4v) is 0.450. The van der Waals surface area contributed by atoms with Gasteiger partial charge < -0.3 is 5.73 Å². The lowest BCUT2D eigenvalue weighted by Gasteiger charge is -2.09. The molecule has 0 aliphatic carbocycles. The molecule has 1 heterocycles. The molecule has 2 N–H and O–H groups in total. The summed E-state index contributed by atoms with van der Waals surface area (Å²) >= 11 is 0. The molecule has 44 valence electrons. The summed E-state index contributed by atoms with van der Waals surface area (Å²) < 4.78 is 12.0. The molecule has 0 aromatic rings. The molecule has 0 saturated heterocycles. The standard InChI is InChI=1S/C4H6FN3/c5-8-2-1-7-4(6)3-8/h1-2H,3H2,(H2,6,7). The van der Waals surface area contributed by atoms with Crippen LogP contribution in [0, 0.1) is 0 Å². The van der Waals surface area contributed by atoms with E-state index in [1.54, 1.807) is 0 Å². The molecule has 0 unspecified atom stereocenters. The lowest BCUT2D eigenvalue weighted by Crippen LogP contribution is -2.26. The van der Waals surface area contributed by atoms with Crippen molar-refractivity contribution in [1.82, 2.24) is 5.12 Å². The van der Waals surface area contributed by atoms with Crippen LogP contribution in [-0.2, 0) is 0 Å². The van der Waals surface area contributed by atoms with Crippen LogP contribution >= 0.6 is 0 Å². The summed E-state index contributed by atoms with van der Waals surface area (Å²) in [7, 11) is 0. The Balaban J connectivity index is 2.59. The zero-order chi connectivity index (χ0) is 5.98. The lowest BCUT2D eigenvalue weighted by atomic mass is 10.5. The van der Waals surface area contributed by atoms with E-state index in [0.717, 1.165) is 0 Å². The van der Waals surface area contributed by atoms with Crippen LogP contribution in [0.5, 0.6) is 0 Å². The minimum atomic E-state index is 0.0799. The summed E-state index contributed by atoms with van der Waals surface area (Å²) in [5.74, 6) is 0.301. The molecule has 4 heteroatoms. The Bertz CT molecular complexity index is 140. The van der Waals surface area contributed by atoms with Gasteiger partial charge in [-0.25, -0.2) is 10.1 Å². The van der Waals surface area contributed by atoms with Gasteiger partial charge in [0.15, 0.2) is 0 Å². The summed E-state index contributed by atoms with van der Waals surface area (Å²) in [5, 5.41) is 0.475. The second kappa shape index (κ2) is 1.81. The quantitative estimate of drug-likeness (QED) is 0.452. The number of hydrogen-bond donors (Lipinski definition) is 1. The zero-order valence-corrected chi connectivity index (χ0v) is 4.21. The summed E-state index contributed by atoms with van der Waals surface area (Å²) in [4.78, 5) is 3.61. The van der Waals surface area contributed by atoms with Gasteiger partial charge in [-0.2, -0.15) is 0 Å². The fraction of sp³-hybridized carbons (Fsp3) is 0.250. The van der Waals surface area contributed by atoms with Crippen molar-refractivity contribution in [3.8, 4) is 0 Å². The molecule has 0 saturated carbocycles. The summed E-state index contributed by atoms with van der Waals surface area (Å²) in [6.45, 7) is 0.0799. The van der Waals surface area contributed by atoms with E-state index < -0.39 is 0 Å². The van der Waals surface area contributed by atoms with E-state index >= 15 is 0 Å². The van der Waals surface area contributed by atoms with Gasteiger partial charge >= 0.3 is 0 Å². The Morgan fingerprint density at radius 2 is 2.62 bits per heavy atom. The molecule has 1 aliphatic heterocycles. The highest BCUT2D eigenvalue weighted by Gasteiger charge is 2.01.